The molecule has 4 heteroatoms. The van der Waals surface area contributed by atoms with Crippen LogP contribution in [0.1, 0.15) is 11.1 Å². The van der Waals surface area contributed by atoms with E-state index < -0.39 is 0 Å². The molecule has 2 aromatic carbocycles. The number of nitrogen functional groups attached to an aromatic ring is 1. The molecule has 0 bridgehead atoms. The molecule has 0 aliphatic carbocycles. The van der Waals surface area contributed by atoms with E-state index in [1.54, 1.807) is 16.8 Å². The highest BCUT2D eigenvalue weighted by molar-refractivity contribution is 5.65. The lowest BCUT2D eigenvalue weighted by atomic mass is 10.1. The van der Waals surface area contributed by atoms with Gasteiger partial charge in [-0.15, -0.1) is 0 Å². The summed E-state index contributed by atoms with van der Waals surface area (Å²) in [5, 5.41) is 13.2. The van der Waals surface area contributed by atoms with Gasteiger partial charge >= 0.3 is 0 Å². The summed E-state index contributed by atoms with van der Waals surface area (Å²) in [6.45, 7) is 2.05. The number of hydrogen-bond donors (Lipinski definition) is 1. The molecule has 1 aromatic heterocycles. The molecule has 0 aliphatic heterocycles. The second-order valence-electron chi connectivity index (χ2n) is 4.89. The minimum atomic E-state index is 0.468. The van der Waals surface area contributed by atoms with Crippen molar-refractivity contribution in [1.29, 1.82) is 5.26 Å². The van der Waals surface area contributed by atoms with E-state index in [1.165, 1.54) is 5.56 Å². The fourth-order valence-corrected chi connectivity index (χ4v) is 2.20. The fraction of sp³-hybridized carbons (Fsp3) is 0.0588. The number of aryl methyl sites for hydroxylation is 1. The molecular weight excluding hydrogens is 260 g/mol. The summed E-state index contributed by atoms with van der Waals surface area (Å²) in [5.41, 5.74) is 10.5. The van der Waals surface area contributed by atoms with Gasteiger partial charge in [0, 0.05) is 11.6 Å². The fourth-order valence-electron chi connectivity index (χ4n) is 2.20. The summed E-state index contributed by atoms with van der Waals surface area (Å²) in [6.07, 6.45) is 0. The lowest BCUT2D eigenvalue weighted by molar-refractivity contribution is 0.893. The number of anilines is 1. The molecule has 0 saturated carbocycles. The molecule has 0 amide bonds. The second-order valence-corrected chi connectivity index (χ2v) is 4.89. The van der Waals surface area contributed by atoms with Crippen molar-refractivity contribution in [3.63, 3.8) is 0 Å². The molecule has 21 heavy (non-hydrogen) atoms. The molecule has 0 atom stereocenters. The van der Waals surface area contributed by atoms with E-state index in [0.717, 1.165) is 16.9 Å². The maximum atomic E-state index is 8.87. The van der Waals surface area contributed by atoms with Gasteiger partial charge in [0.1, 0.15) is 5.82 Å². The van der Waals surface area contributed by atoms with Gasteiger partial charge in [-0.25, -0.2) is 4.68 Å². The van der Waals surface area contributed by atoms with Gasteiger partial charge in [-0.1, -0.05) is 29.8 Å². The van der Waals surface area contributed by atoms with Crippen molar-refractivity contribution in [3.05, 3.63) is 65.7 Å². The van der Waals surface area contributed by atoms with Crippen molar-refractivity contribution in [2.45, 2.75) is 6.92 Å². The van der Waals surface area contributed by atoms with Gasteiger partial charge in [-0.3, -0.25) is 0 Å². The van der Waals surface area contributed by atoms with Crippen LogP contribution in [0, 0.1) is 18.3 Å². The van der Waals surface area contributed by atoms with Crippen molar-refractivity contribution in [3.8, 4) is 23.0 Å². The molecule has 102 valence electrons. The molecule has 3 aromatic rings. The van der Waals surface area contributed by atoms with Crippen molar-refractivity contribution in [2.75, 3.05) is 5.73 Å². The smallest absolute Gasteiger partial charge is 0.146 e. The van der Waals surface area contributed by atoms with Gasteiger partial charge < -0.3 is 5.73 Å². The van der Waals surface area contributed by atoms with E-state index in [0.29, 0.717) is 11.4 Å². The van der Waals surface area contributed by atoms with Crippen LogP contribution in [0.4, 0.5) is 5.82 Å². The van der Waals surface area contributed by atoms with Crippen LogP contribution >= 0.6 is 0 Å². The molecular formula is C17H14N4. The van der Waals surface area contributed by atoms with Gasteiger partial charge in [0.15, 0.2) is 0 Å². The maximum absolute atomic E-state index is 8.87. The molecule has 0 fully saturated rings. The van der Waals surface area contributed by atoms with Crippen molar-refractivity contribution in [1.82, 2.24) is 9.78 Å². The molecule has 0 spiro atoms. The molecule has 1 heterocycles. The summed E-state index contributed by atoms with van der Waals surface area (Å²) in [4.78, 5) is 0. The normalized spacial score (nSPS) is 10.3. The van der Waals surface area contributed by atoms with E-state index in [-0.39, 0.29) is 0 Å². The van der Waals surface area contributed by atoms with Crippen LogP contribution in [0.2, 0.25) is 0 Å². The highest BCUT2D eigenvalue weighted by Gasteiger charge is 2.10. The Kier molecular flexibility index (Phi) is 3.17. The Morgan fingerprint density at radius 1 is 1.05 bits per heavy atom. The molecule has 4 nitrogen and oxygen atoms in total. The van der Waals surface area contributed by atoms with Gasteiger partial charge in [-0.05, 0) is 31.2 Å². The predicted molar refractivity (Wildman–Crippen MR) is 82.9 cm³/mol. The highest BCUT2D eigenvalue weighted by atomic mass is 15.3. The SMILES string of the molecule is Cc1ccc(-c2cc(N)nn2-c2ccc(C#N)cc2)cc1. The van der Waals surface area contributed by atoms with Crippen LogP contribution in [0.15, 0.2) is 54.6 Å². The quantitative estimate of drug-likeness (QED) is 0.779. The third kappa shape index (κ3) is 2.49. The molecule has 0 unspecified atom stereocenters. The first-order valence-corrected chi connectivity index (χ1v) is 6.60. The van der Waals surface area contributed by atoms with Crippen molar-refractivity contribution < 1.29 is 0 Å². The standard InChI is InChI=1S/C17H14N4/c1-12-2-6-14(7-3-12)16-10-17(19)20-21(16)15-8-4-13(11-18)5-9-15/h2-10H,1H3,(H2,19,20). The number of nitrogens with zero attached hydrogens (tertiary/aromatic N) is 3. The van der Waals surface area contributed by atoms with Gasteiger partial charge in [0.25, 0.3) is 0 Å². The minimum absolute atomic E-state index is 0.468. The Hall–Kier alpha value is -3.06. The van der Waals surface area contributed by atoms with Crippen LogP contribution in [0.3, 0.4) is 0 Å². The van der Waals surface area contributed by atoms with Crippen molar-refractivity contribution in [2.24, 2.45) is 0 Å². The number of nitriles is 1. The first-order chi connectivity index (χ1) is 10.2. The zero-order valence-electron chi connectivity index (χ0n) is 11.6. The summed E-state index contributed by atoms with van der Waals surface area (Å²) in [6, 6.07) is 19.4. The van der Waals surface area contributed by atoms with Gasteiger partial charge in [0.05, 0.1) is 23.0 Å². The Morgan fingerprint density at radius 2 is 1.71 bits per heavy atom. The average Bonchev–Trinajstić information content (AvgIpc) is 2.90. The van der Waals surface area contributed by atoms with E-state index in [2.05, 4.69) is 30.2 Å². The summed E-state index contributed by atoms with van der Waals surface area (Å²) >= 11 is 0. The molecule has 2 N–H and O–H groups in total. The topological polar surface area (TPSA) is 67.6 Å². The van der Waals surface area contributed by atoms with Crippen LogP contribution in [-0.2, 0) is 0 Å². The highest BCUT2D eigenvalue weighted by Crippen LogP contribution is 2.25. The van der Waals surface area contributed by atoms with E-state index in [4.69, 9.17) is 11.0 Å². The summed E-state index contributed by atoms with van der Waals surface area (Å²) < 4.78 is 1.79. The Bertz CT molecular complexity index is 805. The Balaban J connectivity index is 2.10. The minimum Gasteiger partial charge on any atom is -0.382 e. The summed E-state index contributed by atoms with van der Waals surface area (Å²) in [7, 11) is 0. The van der Waals surface area contributed by atoms with Crippen LogP contribution in [-0.4, -0.2) is 9.78 Å². The van der Waals surface area contributed by atoms with E-state index >= 15 is 0 Å². The van der Waals surface area contributed by atoms with E-state index in [9.17, 15) is 0 Å². The first kappa shape index (κ1) is 12.9. The molecule has 0 radical (unpaired) electrons. The molecule has 0 saturated heterocycles. The average molecular weight is 274 g/mol. The third-order valence-electron chi connectivity index (χ3n) is 3.32. The number of rotatable bonds is 2. The predicted octanol–water partition coefficient (Wildman–Crippen LogP) is 3.30. The number of aromatic nitrogens is 2. The third-order valence-corrected chi connectivity index (χ3v) is 3.32. The largest absolute Gasteiger partial charge is 0.382 e. The Morgan fingerprint density at radius 3 is 2.33 bits per heavy atom. The van der Waals surface area contributed by atoms with Gasteiger partial charge in [0.2, 0.25) is 0 Å². The van der Waals surface area contributed by atoms with Crippen molar-refractivity contribution >= 4 is 5.82 Å². The number of nitrogens with two attached hydrogens (primary N) is 1. The van der Waals surface area contributed by atoms with E-state index in [1.807, 2.05) is 30.3 Å². The maximum Gasteiger partial charge on any atom is 0.146 e. The van der Waals surface area contributed by atoms with Crippen LogP contribution in [0.5, 0.6) is 0 Å². The van der Waals surface area contributed by atoms with Crippen LogP contribution in [0.25, 0.3) is 16.9 Å². The van der Waals surface area contributed by atoms with Gasteiger partial charge in [-0.2, -0.15) is 10.4 Å². The number of benzene rings is 2. The first-order valence-electron chi connectivity index (χ1n) is 6.60. The number of hydrogen-bond acceptors (Lipinski definition) is 3. The molecule has 3 rings (SSSR count). The lowest BCUT2D eigenvalue weighted by Gasteiger charge is -2.07. The Labute approximate surface area is 123 Å². The second kappa shape index (κ2) is 5.14. The lowest BCUT2D eigenvalue weighted by Crippen LogP contribution is -1.99. The molecule has 0 aliphatic rings. The zero-order chi connectivity index (χ0) is 14.8. The monoisotopic (exact) mass is 274 g/mol. The van der Waals surface area contributed by atoms with Crippen LogP contribution < -0.4 is 5.73 Å². The summed E-state index contributed by atoms with van der Waals surface area (Å²) in [5.74, 6) is 0.468. The zero-order valence-corrected chi connectivity index (χ0v) is 11.6.